The highest BCUT2D eigenvalue weighted by Gasteiger charge is 2.47. The van der Waals surface area contributed by atoms with Crippen LogP contribution >= 0.6 is 0 Å². The number of amides is 2. The summed E-state index contributed by atoms with van der Waals surface area (Å²) < 4.78 is 6.71. The van der Waals surface area contributed by atoms with E-state index >= 15 is 0 Å². The van der Waals surface area contributed by atoms with Crippen LogP contribution in [0.1, 0.15) is 47.3 Å². The largest absolute Gasteiger partial charge is 0.472 e. The maximum Gasteiger partial charge on any atom is 0.257 e. The summed E-state index contributed by atoms with van der Waals surface area (Å²) in [4.78, 5) is 42.9. The fourth-order valence-electron chi connectivity index (χ4n) is 5.47. The van der Waals surface area contributed by atoms with E-state index in [2.05, 4.69) is 0 Å². The van der Waals surface area contributed by atoms with Gasteiger partial charge in [-0.15, -0.1) is 0 Å². The molecule has 2 saturated heterocycles. The van der Waals surface area contributed by atoms with Crippen LogP contribution in [0.25, 0.3) is 0 Å². The highest BCUT2D eigenvalue weighted by atomic mass is 16.3. The van der Waals surface area contributed by atoms with Crippen molar-refractivity contribution in [3.05, 3.63) is 58.4 Å². The first kappa shape index (κ1) is 19.1. The molecule has 2 amide bonds. The van der Waals surface area contributed by atoms with Crippen molar-refractivity contribution in [2.24, 2.45) is 5.92 Å². The van der Waals surface area contributed by atoms with Gasteiger partial charge in [0, 0.05) is 43.2 Å². The second-order valence-electron chi connectivity index (χ2n) is 8.53. The van der Waals surface area contributed by atoms with Crippen molar-refractivity contribution >= 4 is 11.8 Å². The van der Waals surface area contributed by atoms with E-state index in [9.17, 15) is 19.5 Å². The number of aromatic nitrogens is 1. The molecule has 0 aromatic carbocycles. The van der Waals surface area contributed by atoms with Gasteiger partial charge < -0.3 is 19.3 Å². The third-order valence-corrected chi connectivity index (χ3v) is 6.83. The Morgan fingerprint density at radius 3 is 2.83 bits per heavy atom. The van der Waals surface area contributed by atoms with E-state index in [1.54, 1.807) is 26.5 Å². The van der Waals surface area contributed by atoms with E-state index in [1.165, 1.54) is 18.6 Å². The Kier molecular flexibility index (Phi) is 4.73. The molecule has 5 rings (SSSR count). The number of rotatable bonds is 3. The average molecular weight is 411 g/mol. The van der Waals surface area contributed by atoms with E-state index in [4.69, 9.17) is 4.42 Å². The Bertz CT molecular complexity index is 1010. The van der Waals surface area contributed by atoms with Crippen LogP contribution in [0, 0.1) is 5.92 Å². The summed E-state index contributed by atoms with van der Waals surface area (Å²) in [6, 6.07) is 5.89. The van der Waals surface area contributed by atoms with Crippen LogP contribution < -0.4 is 5.56 Å². The Morgan fingerprint density at radius 2 is 2.07 bits per heavy atom. The van der Waals surface area contributed by atoms with Crippen LogP contribution in [-0.2, 0) is 4.79 Å². The van der Waals surface area contributed by atoms with Crippen LogP contribution in [0.2, 0.25) is 0 Å². The number of fused-ring (bicyclic) bond motifs is 4. The van der Waals surface area contributed by atoms with Crippen molar-refractivity contribution in [3.63, 3.8) is 0 Å². The zero-order chi connectivity index (χ0) is 20.8. The van der Waals surface area contributed by atoms with E-state index in [0.717, 1.165) is 25.0 Å². The molecule has 8 heteroatoms. The number of aliphatic hydroxyl groups is 1. The van der Waals surface area contributed by atoms with Crippen LogP contribution in [-0.4, -0.2) is 63.6 Å². The Hall–Kier alpha value is -2.87. The zero-order valence-electron chi connectivity index (χ0n) is 16.6. The first-order valence-corrected chi connectivity index (χ1v) is 10.5. The number of pyridine rings is 1. The molecular formula is C22H25N3O5. The molecule has 2 aromatic rings. The van der Waals surface area contributed by atoms with Gasteiger partial charge in [0.1, 0.15) is 12.3 Å². The standard InChI is InChI=1S/C22H25N3O5/c26-12-17-3-2-7-24(17)22(29)20-16-9-15(18-4-1-5-19(27)25(18)20)10-23(11-16)21(28)14-6-8-30-13-14/h1,4-6,8,13,15-17,20,26H,2-3,7,9-12H2/t15-,16+,17-,20+/m0/s1. The average Bonchev–Trinajstić information content (AvgIpc) is 3.45. The van der Waals surface area contributed by atoms with Crippen molar-refractivity contribution in [1.29, 1.82) is 0 Å². The molecule has 0 aliphatic carbocycles. The molecule has 0 radical (unpaired) electrons. The van der Waals surface area contributed by atoms with E-state index in [0.29, 0.717) is 25.2 Å². The van der Waals surface area contributed by atoms with Gasteiger partial charge in [0.15, 0.2) is 0 Å². The third-order valence-electron chi connectivity index (χ3n) is 6.83. The second-order valence-corrected chi connectivity index (χ2v) is 8.53. The number of nitrogens with zero attached hydrogens (tertiary/aromatic N) is 3. The number of hydrogen-bond donors (Lipinski definition) is 1. The molecule has 2 fully saturated rings. The van der Waals surface area contributed by atoms with Crippen LogP contribution in [0.5, 0.6) is 0 Å². The van der Waals surface area contributed by atoms with E-state index < -0.39 is 6.04 Å². The van der Waals surface area contributed by atoms with E-state index in [1.807, 2.05) is 6.07 Å². The number of aliphatic hydroxyl groups excluding tert-OH is 1. The molecule has 158 valence electrons. The number of likely N-dealkylation sites (tertiary alicyclic amines) is 2. The molecule has 5 heterocycles. The summed E-state index contributed by atoms with van der Waals surface area (Å²) in [5.41, 5.74) is 1.11. The molecule has 4 atom stereocenters. The van der Waals surface area contributed by atoms with Gasteiger partial charge in [0.05, 0.1) is 24.5 Å². The van der Waals surface area contributed by atoms with Crippen LogP contribution in [0.3, 0.4) is 0 Å². The molecule has 3 aliphatic rings. The van der Waals surface area contributed by atoms with E-state index in [-0.39, 0.29) is 41.9 Å². The zero-order valence-corrected chi connectivity index (χ0v) is 16.6. The lowest BCUT2D eigenvalue weighted by Crippen LogP contribution is -2.55. The summed E-state index contributed by atoms with van der Waals surface area (Å²) in [6.45, 7) is 1.43. The number of furan rings is 1. The first-order valence-electron chi connectivity index (χ1n) is 10.5. The smallest absolute Gasteiger partial charge is 0.257 e. The lowest BCUT2D eigenvalue weighted by molar-refractivity contribution is -0.139. The van der Waals surface area contributed by atoms with Crippen LogP contribution in [0.15, 0.2) is 46.0 Å². The Balaban J connectivity index is 1.53. The minimum Gasteiger partial charge on any atom is -0.472 e. The van der Waals surface area contributed by atoms with Gasteiger partial charge in [-0.05, 0) is 31.4 Å². The Labute approximate surface area is 173 Å². The fourth-order valence-corrected chi connectivity index (χ4v) is 5.47. The van der Waals surface area contributed by atoms with Gasteiger partial charge in [-0.2, -0.15) is 0 Å². The van der Waals surface area contributed by atoms with Gasteiger partial charge in [-0.1, -0.05) is 6.07 Å². The molecule has 3 aliphatic heterocycles. The van der Waals surface area contributed by atoms with Gasteiger partial charge in [-0.3, -0.25) is 19.0 Å². The van der Waals surface area contributed by atoms with Crippen LogP contribution in [0.4, 0.5) is 0 Å². The molecule has 2 bridgehead atoms. The maximum absolute atomic E-state index is 13.6. The lowest BCUT2D eigenvalue weighted by atomic mass is 9.77. The lowest BCUT2D eigenvalue weighted by Gasteiger charge is -2.47. The minimum atomic E-state index is -0.656. The molecule has 8 nitrogen and oxygen atoms in total. The van der Waals surface area contributed by atoms with Crippen molar-refractivity contribution in [1.82, 2.24) is 14.4 Å². The van der Waals surface area contributed by atoms with Crippen molar-refractivity contribution in [3.8, 4) is 0 Å². The van der Waals surface area contributed by atoms with Crippen molar-refractivity contribution in [2.75, 3.05) is 26.2 Å². The molecule has 2 aromatic heterocycles. The van der Waals surface area contributed by atoms with Crippen molar-refractivity contribution < 1.29 is 19.1 Å². The minimum absolute atomic E-state index is 0.00441. The number of carbonyl (C=O) groups is 2. The predicted molar refractivity (Wildman–Crippen MR) is 107 cm³/mol. The highest BCUT2D eigenvalue weighted by molar-refractivity contribution is 5.94. The molecule has 30 heavy (non-hydrogen) atoms. The predicted octanol–water partition coefficient (Wildman–Crippen LogP) is 1.23. The molecule has 0 saturated carbocycles. The summed E-state index contributed by atoms with van der Waals surface area (Å²) in [7, 11) is 0. The molecule has 0 spiro atoms. The van der Waals surface area contributed by atoms with Gasteiger partial charge in [0.2, 0.25) is 5.91 Å². The SMILES string of the molecule is O=C(c1ccoc1)N1C[C@@H]2C[C@H](C1)[C@H](C(=O)N1CCC[C@H]1CO)n1c2cccc1=O. The second kappa shape index (κ2) is 7.43. The van der Waals surface area contributed by atoms with Gasteiger partial charge in [-0.25, -0.2) is 0 Å². The number of piperidine rings is 1. The fraction of sp³-hybridized carbons (Fsp3) is 0.500. The summed E-state index contributed by atoms with van der Waals surface area (Å²) in [5.74, 6) is -0.391. The highest BCUT2D eigenvalue weighted by Crippen LogP contribution is 2.42. The molecular weight excluding hydrogens is 386 g/mol. The number of carbonyl (C=O) groups excluding carboxylic acids is 2. The number of hydrogen-bond acceptors (Lipinski definition) is 5. The monoisotopic (exact) mass is 411 g/mol. The van der Waals surface area contributed by atoms with Gasteiger partial charge in [0.25, 0.3) is 11.5 Å². The first-order chi connectivity index (χ1) is 14.6. The Morgan fingerprint density at radius 1 is 1.20 bits per heavy atom. The summed E-state index contributed by atoms with van der Waals surface area (Å²) in [6.07, 6.45) is 5.28. The third kappa shape index (κ3) is 2.98. The summed E-state index contributed by atoms with van der Waals surface area (Å²) in [5, 5.41) is 9.71. The topological polar surface area (TPSA) is 96.0 Å². The molecule has 0 unspecified atom stereocenters. The summed E-state index contributed by atoms with van der Waals surface area (Å²) >= 11 is 0. The van der Waals surface area contributed by atoms with Crippen molar-refractivity contribution in [2.45, 2.75) is 37.3 Å². The quantitative estimate of drug-likeness (QED) is 0.820. The normalized spacial score (nSPS) is 27.8. The van der Waals surface area contributed by atoms with Gasteiger partial charge >= 0.3 is 0 Å². The molecule has 1 N–H and O–H groups in total. The maximum atomic E-state index is 13.6.